The fourth-order valence-corrected chi connectivity index (χ4v) is 3.54. The van der Waals surface area contributed by atoms with Gasteiger partial charge in [0, 0.05) is 37.7 Å². The molecule has 0 aliphatic rings. The lowest BCUT2D eigenvalue weighted by molar-refractivity contribution is 0.181. The van der Waals surface area contributed by atoms with Gasteiger partial charge in [-0.05, 0) is 35.0 Å². The molecule has 1 atom stereocenters. The molecule has 0 spiro atoms. The number of aromatic nitrogens is 1. The summed E-state index contributed by atoms with van der Waals surface area (Å²) in [5, 5.41) is 4.30. The Balaban J connectivity index is 2.93. The zero-order valence-corrected chi connectivity index (χ0v) is 14.4. The van der Waals surface area contributed by atoms with Gasteiger partial charge >= 0.3 is 0 Å². The Morgan fingerprint density at radius 1 is 1.40 bits per heavy atom. The van der Waals surface area contributed by atoms with Gasteiger partial charge in [-0.3, -0.25) is 0 Å². The minimum absolute atomic E-state index is 0.444. The standard InChI is InChI=1S/C14H28N4OS/c1-7-18(11(2)9-17(4)5)14-16-12(10-19-6)13(20-14)8-15-3/h11,15H,7-10H2,1-6H3. The van der Waals surface area contributed by atoms with Crippen LogP contribution in [0.1, 0.15) is 24.4 Å². The number of ether oxygens (including phenoxy) is 1. The van der Waals surface area contributed by atoms with Crippen molar-refractivity contribution >= 4 is 16.5 Å². The number of nitrogens with one attached hydrogen (secondary N) is 1. The summed E-state index contributed by atoms with van der Waals surface area (Å²) in [6.07, 6.45) is 0. The number of hydrogen-bond acceptors (Lipinski definition) is 6. The molecule has 6 heteroatoms. The topological polar surface area (TPSA) is 40.6 Å². The smallest absolute Gasteiger partial charge is 0.186 e. The molecule has 0 radical (unpaired) electrons. The lowest BCUT2D eigenvalue weighted by Crippen LogP contribution is -2.40. The first-order valence-corrected chi connectivity index (χ1v) is 7.88. The normalized spacial score (nSPS) is 12.9. The number of anilines is 1. The Kier molecular flexibility index (Phi) is 7.43. The van der Waals surface area contributed by atoms with Crippen LogP contribution in [-0.4, -0.2) is 57.3 Å². The molecular weight excluding hydrogens is 272 g/mol. The van der Waals surface area contributed by atoms with Crippen molar-refractivity contribution in [3.05, 3.63) is 10.6 Å². The fraction of sp³-hybridized carbons (Fsp3) is 0.786. The highest BCUT2D eigenvalue weighted by atomic mass is 32.1. The molecule has 0 saturated carbocycles. The van der Waals surface area contributed by atoms with E-state index in [0.717, 1.165) is 30.5 Å². The molecule has 1 N–H and O–H groups in total. The zero-order valence-electron chi connectivity index (χ0n) is 13.6. The van der Waals surface area contributed by atoms with Crippen LogP contribution in [0.3, 0.4) is 0 Å². The first-order valence-electron chi connectivity index (χ1n) is 7.06. The summed E-state index contributed by atoms with van der Waals surface area (Å²) in [5.41, 5.74) is 1.05. The minimum atomic E-state index is 0.444. The molecule has 1 aromatic rings. The van der Waals surface area contributed by atoms with E-state index >= 15 is 0 Å². The number of likely N-dealkylation sites (N-methyl/N-ethyl adjacent to an activating group) is 2. The van der Waals surface area contributed by atoms with Crippen molar-refractivity contribution < 1.29 is 4.74 Å². The van der Waals surface area contributed by atoms with E-state index in [1.54, 1.807) is 18.4 Å². The Hall–Kier alpha value is -0.690. The number of methoxy groups -OCH3 is 1. The van der Waals surface area contributed by atoms with Gasteiger partial charge in [-0.1, -0.05) is 0 Å². The lowest BCUT2D eigenvalue weighted by Gasteiger charge is -2.29. The number of nitrogens with zero attached hydrogens (tertiary/aromatic N) is 3. The Morgan fingerprint density at radius 3 is 2.60 bits per heavy atom. The highest BCUT2D eigenvalue weighted by molar-refractivity contribution is 7.15. The van der Waals surface area contributed by atoms with Crippen molar-refractivity contribution in [2.45, 2.75) is 33.0 Å². The van der Waals surface area contributed by atoms with Crippen LogP contribution in [-0.2, 0) is 17.9 Å². The number of thiazole rings is 1. The number of hydrogen-bond donors (Lipinski definition) is 1. The number of rotatable bonds is 9. The fourth-order valence-electron chi connectivity index (χ4n) is 2.30. The van der Waals surface area contributed by atoms with Crippen molar-refractivity contribution in [1.29, 1.82) is 0 Å². The van der Waals surface area contributed by atoms with Gasteiger partial charge in [0.25, 0.3) is 0 Å². The summed E-state index contributed by atoms with van der Waals surface area (Å²) in [6.45, 7) is 7.84. The van der Waals surface area contributed by atoms with E-state index in [2.05, 4.69) is 43.1 Å². The molecule has 20 heavy (non-hydrogen) atoms. The molecule has 0 saturated heterocycles. The summed E-state index contributed by atoms with van der Waals surface area (Å²) in [5.74, 6) is 0. The largest absolute Gasteiger partial charge is 0.378 e. The summed E-state index contributed by atoms with van der Waals surface area (Å²) in [4.78, 5) is 10.6. The molecule has 0 aliphatic heterocycles. The average molecular weight is 300 g/mol. The van der Waals surface area contributed by atoms with Crippen LogP contribution >= 0.6 is 11.3 Å². The third-order valence-corrected chi connectivity index (χ3v) is 4.27. The average Bonchev–Trinajstić information content (AvgIpc) is 2.73. The molecule has 0 aromatic carbocycles. The highest BCUT2D eigenvalue weighted by Gasteiger charge is 2.19. The van der Waals surface area contributed by atoms with Crippen LogP contribution in [0.2, 0.25) is 0 Å². The van der Waals surface area contributed by atoms with Crippen molar-refractivity contribution in [3.63, 3.8) is 0 Å². The molecule has 1 unspecified atom stereocenters. The van der Waals surface area contributed by atoms with Crippen LogP contribution in [0.15, 0.2) is 0 Å². The summed E-state index contributed by atoms with van der Waals surface area (Å²) < 4.78 is 5.26. The SMILES string of the molecule is CCN(c1nc(COC)c(CNC)s1)C(C)CN(C)C. The van der Waals surface area contributed by atoms with Crippen molar-refractivity contribution in [1.82, 2.24) is 15.2 Å². The van der Waals surface area contributed by atoms with Gasteiger partial charge in [-0.15, -0.1) is 11.3 Å². The second kappa shape index (κ2) is 8.56. The molecule has 5 nitrogen and oxygen atoms in total. The van der Waals surface area contributed by atoms with Gasteiger partial charge in [0.15, 0.2) is 5.13 Å². The maximum Gasteiger partial charge on any atom is 0.186 e. The molecule has 0 amide bonds. The van der Waals surface area contributed by atoms with Crippen molar-refractivity contribution in [2.75, 3.05) is 46.2 Å². The highest BCUT2D eigenvalue weighted by Crippen LogP contribution is 2.28. The van der Waals surface area contributed by atoms with Crippen LogP contribution in [0.25, 0.3) is 0 Å². The van der Waals surface area contributed by atoms with E-state index in [9.17, 15) is 0 Å². The van der Waals surface area contributed by atoms with E-state index in [1.807, 2.05) is 7.05 Å². The van der Waals surface area contributed by atoms with Crippen LogP contribution in [0.4, 0.5) is 5.13 Å². The maximum atomic E-state index is 5.26. The summed E-state index contributed by atoms with van der Waals surface area (Å²) >= 11 is 1.77. The Morgan fingerprint density at radius 2 is 2.10 bits per heavy atom. The molecular formula is C14H28N4OS. The van der Waals surface area contributed by atoms with Gasteiger partial charge in [-0.2, -0.15) is 0 Å². The van der Waals surface area contributed by atoms with E-state index in [0.29, 0.717) is 12.6 Å². The molecule has 0 aliphatic carbocycles. The summed E-state index contributed by atoms with van der Waals surface area (Å²) in [7, 11) is 7.89. The first-order chi connectivity index (χ1) is 9.53. The minimum Gasteiger partial charge on any atom is -0.378 e. The van der Waals surface area contributed by atoms with Gasteiger partial charge < -0.3 is 19.9 Å². The van der Waals surface area contributed by atoms with Crippen LogP contribution in [0.5, 0.6) is 0 Å². The van der Waals surface area contributed by atoms with Gasteiger partial charge in [0.2, 0.25) is 0 Å². The van der Waals surface area contributed by atoms with E-state index < -0.39 is 0 Å². The van der Waals surface area contributed by atoms with Gasteiger partial charge in [0.05, 0.1) is 12.3 Å². The van der Waals surface area contributed by atoms with Crippen LogP contribution < -0.4 is 10.2 Å². The molecule has 1 rings (SSSR count). The lowest BCUT2D eigenvalue weighted by atomic mass is 10.3. The molecule has 1 heterocycles. The van der Waals surface area contributed by atoms with Crippen molar-refractivity contribution in [3.8, 4) is 0 Å². The van der Waals surface area contributed by atoms with Crippen molar-refractivity contribution in [2.24, 2.45) is 0 Å². The van der Waals surface area contributed by atoms with E-state index in [-0.39, 0.29) is 0 Å². The quantitative estimate of drug-likeness (QED) is 0.753. The molecule has 116 valence electrons. The molecule has 0 bridgehead atoms. The predicted molar refractivity (Wildman–Crippen MR) is 86.6 cm³/mol. The predicted octanol–water partition coefficient (Wildman–Crippen LogP) is 1.79. The molecule has 0 fully saturated rings. The summed E-state index contributed by atoms with van der Waals surface area (Å²) in [6, 6.07) is 0.444. The second-order valence-corrected chi connectivity index (χ2v) is 6.29. The Labute approximate surface area is 126 Å². The first kappa shape index (κ1) is 17.4. The van der Waals surface area contributed by atoms with E-state index in [1.165, 1.54) is 4.88 Å². The van der Waals surface area contributed by atoms with Crippen LogP contribution in [0, 0.1) is 0 Å². The molecule has 1 aromatic heterocycles. The van der Waals surface area contributed by atoms with E-state index in [4.69, 9.17) is 9.72 Å². The third-order valence-electron chi connectivity index (χ3n) is 3.13. The monoisotopic (exact) mass is 300 g/mol. The maximum absolute atomic E-state index is 5.26. The third kappa shape index (κ3) is 4.70. The Bertz CT molecular complexity index is 371. The van der Waals surface area contributed by atoms with Gasteiger partial charge in [-0.25, -0.2) is 4.98 Å². The second-order valence-electron chi connectivity index (χ2n) is 5.23. The zero-order chi connectivity index (χ0) is 15.1. The van der Waals surface area contributed by atoms with Gasteiger partial charge in [0.1, 0.15) is 0 Å².